The molecule has 1 aliphatic heterocycles. The van der Waals surface area contributed by atoms with E-state index in [0.29, 0.717) is 37.4 Å². The van der Waals surface area contributed by atoms with E-state index in [0.717, 1.165) is 11.3 Å². The van der Waals surface area contributed by atoms with Crippen LogP contribution in [0, 0.1) is 5.92 Å². The van der Waals surface area contributed by atoms with Crippen molar-refractivity contribution in [3.05, 3.63) is 21.9 Å². The first-order chi connectivity index (χ1) is 10.3. The fourth-order valence-electron chi connectivity index (χ4n) is 2.34. The number of hydrogen-bond acceptors (Lipinski definition) is 5. The quantitative estimate of drug-likeness (QED) is 0.822. The lowest BCUT2D eigenvalue weighted by molar-refractivity contribution is 0.0702. The fourth-order valence-corrected chi connectivity index (χ4v) is 3.98. The number of nitrogens with zero attached hydrogens (tertiary/aromatic N) is 1. The van der Waals surface area contributed by atoms with Crippen molar-refractivity contribution in [2.45, 2.75) is 12.8 Å². The van der Waals surface area contributed by atoms with Crippen LogP contribution in [0.5, 0.6) is 0 Å². The maximum atomic E-state index is 11.9. The van der Waals surface area contributed by atoms with Gasteiger partial charge in [-0.2, -0.15) is 0 Å². The molecule has 1 fully saturated rings. The Morgan fingerprint density at radius 2 is 1.91 bits per heavy atom. The second-order valence-electron chi connectivity index (χ2n) is 5.28. The largest absolute Gasteiger partial charge is 0.477 e. The second kappa shape index (κ2) is 6.76. The molecule has 1 aromatic rings. The number of piperidine rings is 1. The van der Waals surface area contributed by atoms with E-state index in [1.54, 1.807) is 0 Å². The monoisotopic (exact) mass is 346 g/mol. The van der Waals surface area contributed by atoms with Crippen LogP contribution in [0.25, 0.3) is 0 Å². The van der Waals surface area contributed by atoms with Gasteiger partial charge in [0.15, 0.2) is 0 Å². The Kier molecular flexibility index (Phi) is 5.20. The summed E-state index contributed by atoms with van der Waals surface area (Å²) in [6, 6.07) is 2.90. The number of carboxylic acid groups (broad SMARTS) is 1. The number of sulfonamides is 1. The number of carbonyl (C=O) groups excluding carboxylic acids is 1. The molecule has 1 aliphatic rings. The molecule has 2 rings (SSSR count). The van der Waals surface area contributed by atoms with Gasteiger partial charge in [0.05, 0.1) is 11.1 Å². The van der Waals surface area contributed by atoms with Crippen molar-refractivity contribution < 1.29 is 23.1 Å². The normalized spacial score (nSPS) is 17.3. The predicted octanol–water partition coefficient (Wildman–Crippen LogP) is 0.848. The van der Waals surface area contributed by atoms with Crippen LogP contribution in [0.3, 0.4) is 0 Å². The Hall–Kier alpha value is -1.45. The van der Waals surface area contributed by atoms with Crippen molar-refractivity contribution in [2.75, 3.05) is 25.9 Å². The van der Waals surface area contributed by atoms with Gasteiger partial charge >= 0.3 is 5.97 Å². The fraction of sp³-hybridized carbons (Fsp3) is 0.538. The third-order valence-corrected chi connectivity index (χ3v) is 6.01. The minimum absolute atomic E-state index is 0.131. The summed E-state index contributed by atoms with van der Waals surface area (Å²) in [4.78, 5) is 23.2. The molecule has 0 spiro atoms. The van der Waals surface area contributed by atoms with Crippen LogP contribution in [0.2, 0.25) is 0 Å². The highest BCUT2D eigenvalue weighted by molar-refractivity contribution is 7.88. The zero-order valence-corrected chi connectivity index (χ0v) is 13.7. The maximum Gasteiger partial charge on any atom is 0.345 e. The summed E-state index contributed by atoms with van der Waals surface area (Å²) in [7, 11) is -3.14. The standard InChI is InChI=1S/C13H18N2O5S2/c1-22(19,20)15-6-4-9(5-7-15)8-14-12(16)10-2-3-11(21-10)13(17)18/h2-3,9H,4-8H2,1H3,(H,14,16)(H,17,18). The Bertz CT molecular complexity index is 660. The van der Waals surface area contributed by atoms with Crippen LogP contribution in [-0.2, 0) is 10.0 Å². The molecule has 2 heterocycles. The first-order valence-corrected chi connectivity index (χ1v) is 9.50. The maximum absolute atomic E-state index is 11.9. The number of amides is 1. The number of thiophene rings is 1. The Morgan fingerprint density at radius 1 is 1.32 bits per heavy atom. The minimum atomic E-state index is -3.14. The average molecular weight is 346 g/mol. The van der Waals surface area contributed by atoms with Crippen molar-refractivity contribution in [3.8, 4) is 0 Å². The summed E-state index contributed by atoms with van der Waals surface area (Å²) in [6.07, 6.45) is 2.61. The lowest BCUT2D eigenvalue weighted by Gasteiger charge is -2.30. The highest BCUT2D eigenvalue weighted by atomic mass is 32.2. The number of nitrogens with one attached hydrogen (secondary N) is 1. The molecule has 1 amide bonds. The van der Waals surface area contributed by atoms with Gasteiger partial charge < -0.3 is 10.4 Å². The molecule has 0 saturated carbocycles. The number of carbonyl (C=O) groups is 2. The van der Waals surface area contributed by atoms with Crippen molar-refractivity contribution in [2.24, 2.45) is 5.92 Å². The van der Waals surface area contributed by atoms with E-state index < -0.39 is 16.0 Å². The van der Waals surface area contributed by atoms with Gasteiger partial charge in [0, 0.05) is 19.6 Å². The van der Waals surface area contributed by atoms with Gasteiger partial charge in [-0.25, -0.2) is 17.5 Å². The van der Waals surface area contributed by atoms with E-state index in [4.69, 9.17) is 5.11 Å². The first kappa shape index (κ1) is 16.9. The zero-order chi connectivity index (χ0) is 16.3. The van der Waals surface area contributed by atoms with Crippen LogP contribution in [-0.4, -0.2) is 55.6 Å². The molecule has 1 aromatic heterocycles. The van der Waals surface area contributed by atoms with Crippen molar-refractivity contribution >= 4 is 33.2 Å². The lowest BCUT2D eigenvalue weighted by Crippen LogP contribution is -2.41. The van der Waals surface area contributed by atoms with Gasteiger partial charge in [-0.15, -0.1) is 11.3 Å². The van der Waals surface area contributed by atoms with E-state index in [1.165, 1.54) is 22.7 Å². The third kappa shape index (κ3) is 4.28. The Labute approximate surface area is 133 Å². The summed E-state index contributed by atoms with van der Waals surface area (Å²) >= 11 is 0.940. The molecule has 0 radical (unpaired) electrons. The summed E-state index contributed by atoms with van der Waals surface area (Å²) in [5.74, 6) is -1.10. The SMILES string of the molecule is CS(=O)(=O)N1CCC(CNC(=O)c2ccc(C(=O)O)s2)CC1. The van der Waals surface area contributed by atoms with Crippen LogP contribution >= 0.6 is 11.3 Å². The van der Waals surface area contributed by atoms with Crippen molar-refractivity contribution in [1.82, 2.24) is 9.62 Å². The average Bonchev–Trinajstić information content (AvgIpc) is 2.94. The van der Waals surface area contributed by atoms with Gasteiger partial charge in [0.2, 0.25) is 10.0 Å². The molecule has 0 atom stereocenters. The second-order valence-corrected chi connectivity index (χ2v) is 8.35. The predicted molar refractivity (Wildman–Crippen MR) is 82.8 cm³/mol. The van der Waals surface area contributed by atoms with Crippen LogP contribution < -0.4 is 5.32 Å². The molecular formula is C13H18N2O5S2. The van der Waals surface area contributed by atoms with Gasteiger partial charge in [0.25, 0.3) is 5.91 Å². The van der Waals surface area contributed by atoms with E-state index >= 15 is 0 Å². The molecule has 0 bridgehead atoms. The van der Waals surface area contributed by atoms with Gasteiger partial charge in [-0.05, 0) is 30.9 Å². The van der Waals surface area contributed by atoms with Crippen LogP contribution in [0.15, 0.2) is 12.1 Å². The van der Waals surface area contributed by atoms with Gasteiger partial charge in [-0.3, -0.25) is 4.79 Å². The van der Waals surface area contributed by atoms with E-state index in [1.807, 2.05) is 0 Å². The molecule has 22 heavy (non-hydrogen) atoms. The first-order valence-electron chi connectivity index (χ1n) is 6.84. The topological polar surface area (TPSA) is 104 Å². The van der Waals surface area contributed by atoms with Crippen molar-refractivity contribution in [3.63, 3.8) is 0 Å². The third-order valence-electron chi connectivity index (χ3n) is 3.63. The molecule has 2 N–H and O–H groups in total. The molecule has 9 heteroatoms. The molecule has 0 unspecified atom stereocenters. The highest BCUT2D eigenvalue weighted by Crippen LogP contribution is 2.19. The highest BCUT2D eigenvalue weighted by Gasteiger charge is 2.25. The Morgan fingerprint density at radius 3 is 2.41 bits per heavy atom. The number of carboxylic acids is 1. The summed E-state index contributed by atoms with van der Waals surface area (Å²) < 4.78 is 24.3. The number of rotatable bonds is 5. The smallest absolute Gasteiger partial charge is 0.345 e. The Balaban J connectivity index is 1.81. The van der Waals surface area contributed by atoms with E-state index in [-0.39, 0.29) is 16.7 Å². The summed E-state index contributed by atoms with van der Waals surface area (Å²) in [5, 5.41) is 11.6. The number of aromatic carboxylic acids is 1. The molecule has 122 valence electrons. The minimum Gasteiger partial charge on any atom is -0.477 e. The lowest BCUT2D eigenvalue weighted by atomic mass is 9.98. The number of hydrogen-bond donors (Lipinski definition) is 2. The zero-order valence-electron chi connectivity index (χ0n) is 12.1. The molecule has 1 saturated heterocycles. The molecule has 7 nitrogen and oxygen atoms in total. The summed E-state index contributed by atoms with van der Waals surface area (Å²) in [5.41, 5.74) is 0. The van der Waals surface area contributed by atoms with Gasteiger partial charge in [-0.1, -0.05) is 0 Å². The molecule has 0 aliphatic carbocycles. The van der Waals surface area contributed by atoms with E-state index in [2.05, 4.69) is 5.32 Å². The van der Waals surface area contributed by atoms with Crippen molar-refractivity contribution in [1.29, 1.82) is 0 Å². The van der Waals surface area contributed by atoms with Crippen LogP contribution in [0.4, 0.5) is 0 Å². The van der Waals surface area contributed by atoms with Crippen LogP contribution in [0.1, 0.15) is 32.2 Å². The summed E-state index contributed by atoms with van der Waals surface area (Å²) in [6.45, 7) is 1.42. The van der Waals surface area contributed by atoms with E-state index in [9.17, 15) is 18.0 Å². The van der Waals surface area contributed by atoms with Gasteiger partial charge in [0.1, 0.15) is 4.88 Å². The molecular weight excluding hydrogens is 328 g/mol. The molecule has 0 aromatic carbocycles.